The van der Waals surface area contributed by atoms with Crippen LogP contribution in [0.15, 0.2) is 53.6 Å². The zero-order valence-corrected chi connectivity index (χ0v) is 13.0. The first-order valence-corrected chi connectivity index (χ1v) is 8.50. The number of benzene rings is 1. The van der Waals surface area contributed by atoms with E-state index in [1.807, 2.05) is 21.8 Å². The second-order valence-corrected chi connectivity index (χ2v) is 7.24. The third-order valence-corrected chi connectivity index (χ3v) is 4.98. The first-order chi connectivity index (χ1) is 9.47. The molecule has 102 valence electrons. The lowest BCUT2D eigenvalue weighted by Crippen LogP contribution is -1.96. The summed E-state index contributed by atoms with van der Waals surface area (Å²) in [4.78, 5) is 4.61. The van der Waals surface area contributed by atoms with Gasteiger partial charge in [0, 0.05) is 12.5 Å². The van der Waals surface area contributed by atoms with E-state index in [1.54, 1.807) is 30.5 Å². The van der Waals surface area contributed by atoms with Crippen molar-refractivity contribution in [1.82, 2.24) is 8.58 Å². The molecular formula is C14H11BrN2O2S. The topological polar surface area (TPSA) is 52.0 Å². The van der Waals surface area contributed by atoms with Gasteiger partial charge in [-0.3, -0.25) is 8.58 Å². The van der Waals surface area contributed by atoms with Crippen LogP contribution in [0.3, 0.4) is 0 Å². The predicted octanol–water partition coefficient (Wildman–Crippen LogP) is 3.26. The molecule has 0 atom stereocenters. The van der Waals surface area contributed by atoms with Crippen LogP contribution in [0.25, 0.3) is 22.3 Å². The fourth-order valence-corrected chi connectivity index (χ4v) is 3.31. The zero-order valence-electron chi connectivity index (χ0n) is 10.6. The molecule has 3 rings (SSSR count). The van der Waals surface area contributed by atoms with Gasteiger partial charge in [-0.05, 0) is 35.9 Å². The van der Waals surface area contributed by atoms with E-state index in [-0.39, 0.29) is 0 Å². The highest BCUT2D eigenvalue weighted by Crippen LogP contribution is 2.29. The van der Waals surface area contributed by atoms with Gasteiger partial charge in [-0.25, -0.2) is 8.42 Å². The van der Waals surface area contributed by atoms with Crippen LogP contribution >= 0.6 is 16.1 Å². The molecule has 20 heavy (non-hydrogen) atoms. The van der Waals surface area contributed by atoms with Gasteiger partial charge in [0.15, 0.2) is 9.84 Å². The fraction of sp³-hybridized carbons (Fsp3) is 0.0714. The van der Waals surface area contributed by atoms with E-state index in [0.29, 0.717) is 4.90 Å². The zero-order chi connectivity index (χ0) is 14.3. The summed E-state index contributed by atoms with van der Waals surface area (Å²) in [6.45, 7) is 0. The molecule has 0 saturated heterocycles. The minimum Gasteiger partial charge on any atom is -0.274 e. The number of halogens is 1. The molecule has 4 nitrogen and oxygen atoms in total. The Bertz CT molecular complexity index is 883. The Labute approximate surface area is 125 Å². The monoisotopic (exact) mass is 350 g/mol. The van der Waals surface area contributed by atoms with Crippen molar-refractivity contribution >= 4 is 37.0 Å². The highest BCUT2D eigenvalue weighted by atomic mass is 79.9. The van der Waals surface area contributed by atoms with Crippen LogP contribution < -0.4 is 0 Å². The molecular weight excluding hydrogens is 340 g/mol. The van der Waals surface area contributed by atoms with E-state index in [4.69, 9.17) is 0 Å². The van der Waals surface area contributed by atoms with E-state index in [0.717, 1.165) is 22.3 Å². The molecule has 0 aliphatic carbocycles. The van der Waals surface area contributed by atoms with Gasteiger partial charge in [0.2, 0.25) is 0 Å². The molecule has 0 aliphatic heterocycles. The van der Waals surface area contributed by atoms with Crippen molar-refractivity contribution in [3.05, 3.63) is 48.7 Å². The van der Waals surface area contributed by atoms with Crippen molar-refractivity contribution in [2.24, 2.45) is 0 Å². The number of hydrogen-bond acceptors (Lipinski definition) is 3. The lowest BCUT2D eigenvalue weighted by Gasteiger charge is -2.03. The van der Waals surface area contributed by atoms with Gasteiger partial charge < -0.3 is 0 Å². The van der Waals surface area contributed by atoms with E-state index >= 15 is 0 Å². The fourth-order valence-electron chi connectivity index (χ4n) is 2.07. The second-order valence-electron chi connectivity index (χ2n) is 4.51. The van der Waals surface area contributed by atoms with Crippen molar-refractivity contribution in [1.29, 1.82) is 0 Å². The minimum absolute atomic E-state index is 0.316. The molecule has 6 heteroatoms. The largest absolute Gasteiger partial charge is 0.274 e. The third kappa shape index (κ3) is 2.25. The molecule has 2 aromatic heterocycles. The average Bonchev–Trinajstić information content (AvgIpc) is 2.76. The standard InChI is InChI=1S/C14H11BrN2O2S/c1-20(18,19)11-6-4-10(5-7-11)14-9-12-13(17(14)15)3-2-8-16-12/h2-9H,1H3. The van der Waals surface area contributed by atoms with Gasteiger partial charge >= 0.3 is 0 Å². The van der Waals surface area contributed by atoms with Crippen molar-refractivity contribution in [3.63, 3.8) is 0 Å². The lowest BCUT2D eigenvalue weighted by molar-refractivity contribution is 0.602. The molecule has 2 heterocycles. The lowest BCUT2D eigenvalue weighted by atomic mass is 10.1. The van der Waals surface area contributed by atoms with Crippen LogP contribution in [-0.2, 0) is 9.84 Å². The maximum Gasteiger partial charge on any atom is 0.175 e. The second kappa shape index (κ2) is 4.71. The number of rotatable bonds is 2. The molecule has 0 spiro atoms. The van der Waals surface area contributed by atoms with E-state index < -0.39 is 9.84 Å². The van der Waals surface area contributed by atoms with Crippen LogP contribution in [0.4, 0.5) is 0 Å². The highest BCUT2D eigenvalue weighted by molar-refractivity contribution is 9.08. The highest BCUT2D eigenvalue weighted by Gasteiger charge is 2.11. The summed E-state index contributed by atoms with van der Waals surface area (Å²) in [6, 6.07) is 12.6. The summed E-state index contributed by atoms with van der Waals surface area (Å²) in [5, 5.41) is 0. The van der Waals surface area contributed by atoms with Gasteiger partial charge in [0.05, 0.1) is 37.8 Å². The first kappa shape index (κ1) is 13.3. The maximum atomic E-state index is 11.5. The summed E-state index contributed by atoms with van der Waals surface area (Å²) in [7, 11) is -3.17. The predicted molar refractivity (Wildman–Crippen MR) is 82.6 cm³/mol. The Morgan fingerprint density at radius 2 is 1.85 bits per heavy atom. The Kier molecular flexibility index (Phi) is 3.14. The van der Waals surface area contributed by atoms with Gasteiger partial charge in [-0.1, -0.05) is 12.1 Å². The molecule has 0 amide bonds. The summed E-state index contributed by atoms with van der Waals surface area (Å²) >= 11 is 3.50. The first-order valence-electron chi connectivity index (χ1n) is 5.90. The molecule has 1 aromatic carbocycles. The van der Waals surface area contributed by atoms with Crippen LogP contribution in [-0.4, -0.2) is 23.3 Å². The molecule has 0 N–H and O–H groups in total. The molecule has 3 aromatic rings. The molecule has 0 unspecified atom stereocenters. The number of sulfone groups is 1. The van der Waals surface area contributed by atoms with E-state index in [1.165, 1.54) is 6.26 Å². The third-order valence-electron chi connectivity index (χ3n) is 3.09. The number of hydrogen-bond donors (Lipinski definition) is 0. The van der Waals surface area contributed by atoms with Gasteiger partial charge in [0.1, 0.15) is 0 Å². The van der Waals surface area contributed by atoms with E-state index in [9.17, 15) is 8.42 Å². The number of pyridine rings is 1. The van der Waals surface area contributed by atoms with Crippen LogP contribution in [0, 0.1) is 0 Å². The van der Waals surface area contributed by atoms with Crippen molar-refractivity contribution in [2.75, 3.05) is 6.26 Å². The molecule has 0 aliphatic rings. The smallest absolute Gasteiger partial charge is 0.175 e. The van der Waals surface area contributed by atoms with Crippen molar-refractivity contribution in [2.45, 2.75) is 4.90 Å². The quantitative estimate of drug-likeness (QED) is 0.712. The van der Waals surface area contributed by atoms with Crippen LogP contribution in [0.1, 0.15) is 0 Å². The summed E-state index contributed by atoms with van der Waals surface area (Å²) < 4.78 is 24.8. The van der Waals surface area contributed by atoms with Gasteiger partial charge in [-0.15, -0.1) is 0 Å². The van der Waals surface area contributed by atoms with Gasteiger partial charge in [0.25, 0.3) is 0 Å². The minimum atomic E-state index is -3.17. The average molecular weight is 351 g/mol. The number of aromatic nitrogens is 2. The molecule has 0 saturated carbocycles. The normalized spacial score (nSPS) is 11.9. The van der Waals surface area contributed by atoms with Crippen molar-refractivity contribution < 1.29 is 8.42 Å². The Morgan fingerprint density at radius 3 is 2.45 bits per heavy atom. The molecule has 0 bridgehead atoms. The van der Waals surface area contributed by atoms with E-state index in [2.05, 4.69) is 21.1 Å². The van der Waals surface area contributed by atoms with Crippen LogP contribution in [0.5, 0.6) is 0 Å². The van der Waals surface area contributed by atoms with Crippen LogP contribution in [0.2, 0.25) is 0 Å². The molecule has 0 radical (unpaired) electrons. The number of nitrogens with zero attached hydrogens (tertiary/aromatic N) is 2. The van der Waals surface area contributed by atoms with Crippen molar-refractivity contribution in [3.8, 4) is 11.3 Å². The SMILES string of the molecule is CS(=O)(=O)c1ccc(-c2cc3ncccc3n2Br)cc1. The maximum absolute atomic E-state index is 11.5. The Balaban J connectivity index is 2.14. The summed E-state index contributed by atoms with van der Waals surface area (Å²) in [6.07, 6.45) is 2.94. The van der Waals surface area contributed by atoms with Gasteiger partial charge in [-0.2, -0.15) is 0 Å². The molecule has 0 fully saturated rings. The number of fused-ring (bicyclic) bond motifs is 1. The Hall–Kier alpha value is -1.66. The Morgan fingerprint density at radius 1 is 1.15 bits per heavy atom. The summed E-state index contributed by atoms with van der Waals surface area (Å²) in [5.41, 5.74) is 3.70. The summed E-state index contributed by atoms with van der Waals surface area (Å²) in [5.74, 6) is 0.